The molecule has 0 N–H and O–H groups in total. The van der Waals surface area contributed by atoms with Gasteiger partial charge in [-0.1, -0.05) is 26.2 Å². The van der Waals surface area contributed by atoms with E-state index in [2.05, 4.69) is 18.5 Å². The van der Waals surface area contributed by atoms with Gasteiger partial charge in [0.2, 0.25) is 0 Å². The standard InChI is InChI=1S/C11H18BFP2/c1-5-7(12)8(13)6(11(2,3)4)10(15)9(5)14/h12,14-15H2,1-4H3. The van der Waals surface area contributed by atoms with E-state index in [4.69, 9.17) is 0 Å². The van der Waals surface area contributed by atoms with Crippen LogP contribution in [-0.2, 0) is 5.41 Å². The summed E-state index contributed by atoms with van der Waals surface area (Å²) in [6.07, 6.45) is 0. The molecule has 1 aromatic carbocycles. The molecule has 0 saturated heterocycles. The lowest BCUT2D eigenvalue weighted by Gasteiger charge is -2.26. The predicted molar refractivity (Wildman–Crippen MR) is 76.7 cm³/mol. The van der Waals surface area contributed by atoms with Crippen LogP contribution < -0.4 is 16.1 Å². The van der Waals surface area contributed by atoms with E-state index < -0.39 is 0 Å². The van der Waals surface area contributed by atoms with Crippen molar-refractivity contribution in [3.8, 4) is 0 Å². The van der Waals surface area contributed by atoms with E-state index >= 15 is 0 Å². The Morgan fingerprint density at radius 1 is 1.13 bits per heavy atom. The van der Waals surface area contributed by atoms with Gasteiger partial charge in [0, 0.05) is 5.56 Å². The Kier molecular flexibility index (Phi) is 3.64. The number of rotatable bonds is 0. The molecular weight excluding hydrogens is 224 g/mol. The molecule has 0 fully saturated rings. The highest BCUT2D eigenvalue weighted by Gasteiger charge is 2.24. The Balaban J connectivity index is 3.68. The van der Waals surface area contributed by atoms with Crippen LogP contribution in [-0.4, -0.2) is 7.85 Å². The normalized spacial score (nSPS) is 11.9. The lowest BCUT2D eigenvalue weighted by molar-refractivity contribution is 0.531. The molecule has 2 unspecified atom stereocenters. The molecule has 0 nitrogen and oxygen atoms in total. The van der Waals surface area contributed by atoms with Gasteiger partial charge in [0.25, 0.3) is 0 Å². The van der Waals surface area contributed by atoms with Crippen molar-refractivity contribution in [3.05, 3.63) is 16.9 Å². The Bertz CT molecular complexity index is 379. The lowest BCUT2D eigenvalue weighted by atomic mass is 9.80. The van der Waals surface area contributed by atoms with Gasteiger partial charge in [-0.25, -0.2) is 4.39 Å². The summed E-state index contributed by atoms with van der Waals surface area (Å²) in [5.41, 5.74) is 2.43. The third-order valence-electron chi connectivity index (χ3n) is 2.82. The molecule has 15 heavy (non-hydrogen) atoms. The van der Waals surface area contributed by atoms with Crippen LogP contribution in [0.15, 0.2) is 0 Å². The topological polar surface area (TPSA) is 0 Å². The summed E-state index contributed by atoms with van der Waals surface area (Å²) in [5.74, 6) is -0.0591. The largest absolute Gasteiger partial charge is 0.207 e. The van der Waals surface area contributed by atoms with Crippen molar-refractivity contribution in [2.24, 2.45) is 0 Å². The van der Waals surface area contributed by atoms with Gasteiger partial charge in [0.15, 0.2) is 0 Å². The third-order valence-corrected chi connectivity index (χ3v) is 4.50. The van der Waals surface area contributed by atoms with Crippen LogP contribution in [0.5, 0.6) is 0 Å². The fourth-order valence-corrected chi connectivity index (χ4v) is 2.88. The minimum absolute atomic E-state index is 0.0591. The number of hydrogen-bond acceptors (Lipinski definition) is 0. The molecule has 0 aromatic heterocycles. The van der Waals surface area contributed by atoms with E-state index in [1.807, 2.05) is 35.5 Å². The average molecular weight is 242 g/mol. The van der Waals surface area contributed by atoms with Crippen molar-refractivity contribution >= 4 is 42.4 Å². The maximum Gasteiger partial charge on any atom is 0.143 e. The molecular formula is C11H18BFP2. The number of hydrogen-bond donors (Lipinski definition) is 0. The molecule has 0 heterocycles. The van der Waals surface area contributed by atoms with Crippen LogP contribution in [0.2, 0.25) is 0 Å². The van der Waals surface area contributed by atoms with E-state index in [1.165, 1.54) is 0 Å². The van der Waals surface area contributed by atoms with E-state index in [-0.39, 0.29) is 11.2 Å². The Morgan fingerprint density at radius 2 is 1.60 bits per heavy atom. The first-order valence-corrected chi connectivity index (χ1v) is 6.17. The highest BCUT2D eigenvalue weighted by molar-refractivity contribution is 7.36. The molecule has 0 spiro atoms. The fraction of sp³-hybridized carbons (Fsp3) is 0.455. The smallest absolute Gasteiger partial charge is 0.143 e. The van der Waals surface area contributed by atoms with Crippen molar-refractivity contribution in [2.45, 2.75) is 33.1 Å². The summed E-state index contributed by atoms with van der Waals surface area (Å²) < 4.78 is 14.2. The van der Waals surface area contributed by atoms with Crippen LogP contribution in [0, 0.1) is 12.7 Å². The quantitative estimate of drug-likeness (QED) is 0.464. The van der Waals surface area contributed by atoms with Gasteiger partial charge in [0.1, 0.15) is 13.7 Å². The van der Waals surface area contributed by atoms with Gasteiger partial charge in [-0.05, 0) is 28.5 Å². The molecule has 0 amide bonds. The predicted octanol–water partition coefficient (Wildman–Crippen LogP) is 0.691. The van der Waals surface area contributed by atoms with Crippen LogP contribution in [0.25, 0.3) is 0 Å². The summed E-state index contributed by atoms with van der Waals surface area (Å²) in [6.45, 7) is 8.08. The SMILES string of the molecule is Bc1c(C)c(P)c(P)c(C(C)(C)C)c1F. The molecule has 0 radical (unpaired) electrons. The number of halogens is 1. The Hall–Kier alpha value is 0.0749. The van der Waals surface area contributed by atoms with Crippen molar-refractivity contribution in [2.75, 3.05) is 0 Å². The summed E-state index contributed by atoms with van der Waals surface area (Å²) in [4.78, 5) is 0. The Morgan fingerprint density at radius 3 is 2.00 bits per heavy atom. The fourth-order valence-electron chi connectivity index (χ4n) is 1.74. The van der Waals surface area contributed by atoms with E-state index in [0.29, 0.717) is 0 Å². The average Bonchev–Trinajstić information content (AvgIpc) is 2.09. The van der Waals surface area contributed by atoms with Crippen molar-refractivity contribution in [1.82, 2.24) is 0 Å². The molecule has 1 aromatic rings. The zero-order valence-corrected chi connectivity index (χ0v) is 12.3. The van der Waals surface area contributed by atoms with E-state index in [9.17, 15) is 4.39 Å². The van der Waals surface area contributed by atoms with Gasteiger partial charge < -0.3 is 0 Å². The molecule has 0 bridgehead atoms. The summed E-state index contributed by atoms with van der Waals surface area (Å²) in [5, 5.41) is 2.08. The van der Waals surface area contributed by atoms with Gasteiger partial charge in [-0.3, -0.25) is 0 Å². The van der Waals surface area contributed by atoms with Gasteiger partial charge >= 0.3 is 0 Å². The van der Waals surface area contributed by atoms with Crippen molar-refractivity contribution in [3.63, 3.8) is 0 Å². The van der Waals surface area contributed by atoms with Crippen LogP contribution in [0.4, 0.5) is 4.39 Å². The van der Waals surface area contributed by atoms with Gasteiger partial charge in [-0.15, -0.1) is 18.5 Å². The van der Waals surface area contributed by atoms with Gasteiger partial charge in [-0.2, -0.15) is 0 Å². The van der Waals surface area contributed by atoms with Crippen LogP contribution in [0.3, 0.4) is 0 Å². The first-order valence-electron chi connectivity index (χ1n) is 5.02. The summed E-state index contributed by atoms with van der Waals surface area (Å²) in [7, 11) is 7.21. The zero-order chi connectivity index (χ0) is 12.0. The third kappa shape index (κ3) is 2.27. The van der Waals surface area contributed by atoms with E-state index in [0.717, 1.165) is 27.2 Å². The maximum absolute atomic E-state index is 14.2. The van der Waals surface area contributed by atoms with Crippen LogP contribution >= 0.6 is 18.5 Å². The maximum atomic E-state index is 14.2. The minimum Gasteiger partial charge on any atom is -0.207 e. The lowest BCUT2D eigenvalue weighted by Crippen LogP contribution is -2.36. The molecule has 2 atom stereocenters. The van der Waals surface area contributed by atoms with Crippen molar-refractivity contribution in [1.29, 1.82) is 0 Å². The second-order valence-electron chi connectivity index (χ2n) is 5.02. The monoisotopic (exact) mass is 242 g/mol. The molecule has 0 aliphatic heterocycles. The molecule has 0 aliphatic rings. The second-order valence-corrected chi connectivity index (χ2v) is 6.17. The zero-order valence-electron chi connectivity index (χ0n) is 10.0. The molecule has 0 aliphatic carbocycles. The summed E-state index contributed by atoms with van der Waals surface area (Å²) in [6, 6.07) is 0. The minimum atomic E-state index is -0.162. The summed E-state index contributed by atoms with van der Waals surface area (Å²) >= 11 is 0. The van der Waals surface area contributed by atoms with Crippen molar-refractivity contribution < 1.29 is 4.39 Å². The molecule has 0 saturated carbocycles. The van der Waals surface area contributed by atoms with E-state index in [1.54, 1.807) is 0 Å². The van der Waals surface area contributed by atoms with Gasteiger partial charge in [0.05, 0.1) is 0 Å². The first kappa shape index (κ1) is 13.1. The highest BCUT2D eigenvalue weighted by atomic mass is 31.0. The first-order chi connectivity index (χ1) is 6.68. The molecule has 1 rings (SSSR count). The second kappa shape index (κ2) is 4.15. The molecule has 4 heteroatoms. The molecule has 82 valence electrons. The number of benzene rings is 1. The Labute approximate surface area is 97.2 Å². The highest BCUT2D eigenvalue weighted by Crippen LogP contribution is 2.24. The van der Waals surface area contributed by atoms with Crippen LogP contribution in [0.1, 0.15) is 31.9 Å².